The second kappa shape index (κ2) is 9.62. The number of anilines is 1. The Morgan fingerprint density at radius 3 is 2.62 bits per heavy atom. The Balaban J connectivity index is 1.95. The minimum absolute atomic E-state index is 0.150. The molecule has 0 saturated carbocycles. The molecule has 2 aromatic carbocycles. The molecule has 0 saturated heterocycles. The maximum Gasteiger partial charge on any atom is 0.241 e. The first-order valence-corrected chi connectivity index (χ1v) is 8.95. The van der Waals surface area contributed by atoms with E-state index in [1.54, 1.807) is 24.3 Å². The van der Waals surface area contributed by atoms with Gasteiger partial charge in [0.05, 0.1) is 21.8 Å². The average Bonchev–Trinajstić information content (AvgIpc) is 2.64. The molecular weight excluding hydrogens is 371 g/mol. The highest BCUT2D eigenvalue weighted by molar-refractivity contribution is 6.44. The van der Waals surface area contributed by atoms with E-state index in [4.69, 9.17) is 27.9 Å². The zero-order valence-electron chi connectivity index (χ0n) is 14.8. The number of nitrogens with zero attached hydrogens (tertiary/aromatic N) is 1. The summed E-state index contributed by atoms with van der Waals surface area (Å²) in [5.74, 6) is 0.639. The van der Waals surface area contributed by atoms with Crippen molar-refractivity contribution in [2.24, 2.45) is 0 Å². The van der Waals surface area contributed by atoms with E-state index in [0.717, 1.165) is 11.3 Å². The Labute approximate surface area is 164 Å². The number of likely N-dealkylation sites (N-methyl/N-ethyl adjacent to an activating group) is 1. The first-order valence-electron chi connectivity index (χ1n) is 8.20. The Morgan fingerprint density at radius 1 is 1.27 bits per heavy atom. The maximum absolute atomic E-state index is 12.5. The van der Waals surface area contributed by atoms with E-state index in [-0.39, 0.29) is 11.9 Å². The fourth-order valence-corrected chi connectivity index (χ4v) is 2.66. The van der Waals surface area contributed by atoms with E-state index in [0.29, 0.717) is 28.9 Å². The number of rotatable bonds is 8. The zero-order chi connectivity index (χ0) is 19.1. The molecule has 138 valence electrons. The number of nitrogens with one attached hydrogen (secondary N) is 1. The largest absolute Gasteiger partial charge is 0.490 e. The van der Waals surface area contributed by atoms with E-state index in [1.807, 2.05) is 43.1 Å². The molecule has 0 fully saturated rings. The van der Waals surface area contributed by atoms with Crippen molar-refractivity contribution in [3.05, 3.63) is 70.7 Å². The minimum atomic E-state index is -0.346. The van der Waals surface area contributed by atoms with Crippen LogP contribution in [0.1, 0.15) is 12.5 Å². The van der Waals surface area contributed by atoms with Gasteiger partial charge in [-0.25, -0.2) is 0 Å². The SMILES string of the molecule is C=CCOc1ccc(CN(C)C(C)C(=O)Nc2cccc(Cl)c2Cl)cc1. The summed E-state index contributed by atoms with van der Waals surface area (Å²) >= 11 is 12.1. The lowest BCUT2D eigenvalue weighted by Crippen LogP contribution is -2.39. The highest BCUT2D eigenvalue weighted by atomic mass is 35.5. The van der Waals surface area contributed by atoms with Gasteiger partial charge in [0, 0.05) is 6.54 Å². The van der Waals surface area contributed by atoms with Crippen LogP contribution in [0.5, 0.6) is 5.75 Å². The second-order valence-corrected chi connectivity index (χ2v) is 6.71. The standard InChI is InChI=1S/C20H22Cl2N2O2/c1-4-12-26-16-10-8-15(9-11-16)13-24(3)14(2)20(25)23-18-7-5-6-17(21)19(18)22/h4-11,14H,1,12-13H2,2-3H3,(H,23,25). The van der Waals surface area contributed by atoms with Gasteiger partial charge in [-0.1, -0.05) is 54.1 Å². The van der Waals surface area contributed by atoms with Crippen LogP contribution in [0.2, 0.25) is 10.0 Å². The predicted octanol–water partition coefficient (Wildman–Crippen LogP) is 5.02. The van der Waals surface area contributed by atoms with E-state index >= 15 is 0 Å². The van der Waals surface area contributed by atoms with Crippen molar-refractivity contribution in [3.63, 3.8) is 0 Å². The van der Waals surface area contributed by atoms with Crippen LogP contribution in [0, 0.1) is 0 Å². The van der Waals surface area contributed by atoms with Gasteiger partial charge in [0.1, 0.15) is 12.4 Å². The van der Waals surface area contributed by atoms with Gasteiger partial charge in [-0.3, -0.25) is 9.69 Å². The Bertz CT molecular complexity index is 763. The van der Waals surface area contributed by atoms with Crippen LogP contribution in [0.15, 0.2) is 55.1 Å². The summed E-state index contributed by atoms with van der Waals surface area (Å²) in [4.78, 5) is 14.4. The fourth-order valence-electron chi connectivity index (χ4n) is 2.31. The quantitative estimate of drug-likeness (QED) is 0.641. The third-order valence-corrected chi connectivity index (χ3v) is 4.79. The average molecular weight is 393 g/mol. The van der Waals surface area contributed by atoms with Crippen LogP contribution in [0.25, 0.3) is 0 Å². The molecule has 2 rings (SSSR count). The number of hydrogen-bond donors (Lipinski definition) is 1. The number of amides is 1. The van der Waals surface area contributed by atoms with E-state index in [2.05, 4.69) is 11.9 Å². The van der Waals surface area contributed by atoms with Gasteiger partial charge in [-0.15, -0.1) is 0 Å². The zero-order valence-corrected chi connectivity index (χ0v) is 16.3. The summed E-state index contributed by atoms with van der Waals surface area (Å²) in [6.07, 6.45) is 1.70. The molecule has 0 aliphatic rings. The molecule has 0 aliphatic heterocycles. The first-order chi connectivity index (χ1) is 12.4. The lowest BCUT2D eigenvalue weighted by atomic mass is 10.1. The Kier molecular flexibility index (Phi) is 7.51. The molecule has 0 spiro atoms. The number of carbonyl (C=O) groups excluding carboxylic acids is 1. The second-order valence-electron chi connectivity index (χ2n) is 5.93. The number of ether oxygens (including phenoxy) is 1. The lowest BCUT2D eigenvalue weighted by molar-refractivity contribution is -0.120. The summed E-state index contributed by atoms with van der Waals surface area (Å²) in [6, 6.07) is 12.6. The van der Waals surface area contributed by atoms with Crippen molar-refractivity contribution in [1.82, 2.24) is 4.90 Å². The number of halogens is 2. The van der Waals surface area contributed by atoms with E-state index in [9.17, 15) is 4.79 Å². The molecule has 1 unspecified atom stereocenters. The summed E-state index contributed by atoms with van der Waals surface area (Å²) in [6.45, 7) is 6.57. The van der Waals surface area contributed by atoms with Crippen molar-refractivity contribution >= 4 is 34.8 Å². The van der Waals surface area contributed by atoms with Crippen LogP contribution >= 0.6 is 23.2 Å². The number of carbonyl (C=O) groups is 1. The molecule has 26 heavy (non-hydrogen) atoms. The molecular formula is C20H22Cl2N2O2. The van der Waals surface area contributed by atoms with Gasteiger partial charge in [-0.05, 0) is 43.8 Å². The van der Waals surface area contributed by atoms with Crippen molar-refractivity contribution in [2.75, 3.05) is 19.0 Å². The van der Waals surface area contributed by atoms with Crippen molar-refractivity contribution in [1.29, 1.82) is 0 Å². The molecule has 0 aromatic heterocycles. The van der Waals surface area contributed by atoms with Gasteiger partial charge in [-0.2, -0.15) is 0 Å². The highest BCUT2D eigenvalue weighted by Crippen LogP contribution is 2.29. The van der Waals surface area contributed by atoms with Crippen molar-refractivity contribution in [3.8, 4) is 5.75 Å². The first kappa shape index (κ1) is 20.3. The molecule has 2 aromatic rings. The molecule has 0 bridgehead atoms. The van der Waals surface area contributed by atoms with Crippen LogP contribution in [0.4, 0.5) is 5.69 Å². The number of benzene rings is 2. The van der Waals surface area contributed by atoms with Gasteiger partial charge in [0.25, 0.3) is 0 Å². The molecule has 1 amide bonds. The smallest absolute Gasteiger partial charge is 0.241 e. The van der Waals surface area contributed by atoms with Gasteiger partial charge in [0.2, 0.25) is 5.91 Å². The molecule has 1 N–H and O–H groups in total. The normalized spacial score (nSPS) is 11.9. The Morgan fingerprint density at radius 2 is 1.96 bits per heavy atom. The van der Waals surface area contributed by atoms with Crippen LogP contribution in [-0.2, 0) is 11.3 Å². The Hall–Kier alpha value is -2.01. The van der Waals surface area contributed by atoms with Crippen molar-refractivity contribution < 1.29 is 9.53 Å². The fraction of sp³-hybridized carbons (Fsp3) is 0.250. The third-order valence-electron chi connectivity index (χ3n) is 3.97. The molecule has 0 heterocycles. The summed E-state index contributed by atoms with van der Waals surface area (Å²) in [7, 11) is 1.89. The van der Waals surface area contributed by atoms with Crippen LogP contribution < -0.4 is 10.1 Å². The van der Waals surface area contributed by atoms with Gasteiger partial charge < -0.3 is 10.1 Å². The highest BCUT2D eigenvalue weighted by Gasteiger charge is 2.19. The summed E-state index contributed by atoms with van der Waals surface area (Å²) < 4.78 is 5.47. The summed E-state index contributed by atoms with van der Waals surface area (Å²) in [5.41, 5.74) is 1.59. The van der Waals surface area contributed by atoms with Crippen LogP contribution in [-0.4, -0.2) is 30.5 Å². The maximum atomic E-state index is 12.5. The van der Waals surface area contributed by atoms with Gasteiger partial charge >= 0.3 is 0 Å². The topological polar surface area (TPSA) is 41.6 Å². The van der Waals surface area contributed by atoms with E-state index < -0.39 is 0 Å². The van der Waals surface area contributed by atoms with Crippen molar-refractivity contribution in [2.45, 2.75) is 19.5 Å². The molecule has 0 aliphatic carbocycles. The molecule has 1 atom stereocenters. The molecule has 0 radical (unpaired) electrons. The summed E-state index contributed by atoms with van der Waals surface area (Å²) in [5, 5.41) is 3.57. The lowest BCUT2D eigenvalue weighted by Gasteiger charge is -2.24. The van der Waals surface area contributed by atoms with E-state index in [1.165, 1.54) is 0 Å². The predicted molar refractivity (Wildman–Crippen MR) is 108 cm³/mol. The third kappa shape index (κ3) is 5.49. The van der Waals surface area contributed by atoms with Gasteiger partial charge in [0.15, 0.2) is 0 Å². The molecule has 4 nitrogen and oxygen atoms in total. The molecule has 6 heteroatoms. The number of hydrogen-bond acceptors (Lipinski definition) is 3. The van der Waals surface area contributed by atoms with Crippen LogP contribution in [0.3, 0.4) is 0 Å². The minimum Gasteiger partial charge on any atom is -0.490 e. The monoisotopic (exact) mass is 392 g/mol.